The number of hydrogen-bond acceptors (Lipinski definition) is 3. The Hall–Kier alpha value is -1.23. The summed E-state index contributed by atoms with van der Waals surface area (Å²) < 4.78 is 24.2. The Balaban J connectivity index is 3.28. The van der Waals surface area contributed by atoms with Crippen molar-refractivity contribution in [2.24, 2.45) is 0 Å². The van der Waals surface area contributed by atoms with Crippen LogP contribution in [-0.2, 0) is 0 Å². The first-order valence-corrected chi connectivity index (χ1v) is 3.63. The number of anilines is 1. The van der Waals surface area contributed by atoms with Crippen LogP contribution in [0.3, 0.4) is 0 Å². The van der Waals surface area contributed by atoms with Crippen LogP contribution in [0.4, 0.5) is 14.6 Å². The topological polar surface area (TPSA) is 56.0 Å². The molecule has 0 fully saturated rings. The minimum atomic E-state index is -2.75. The number of aromatic nitrogens is 1. The van der Waals surface area contributed by atoms with E-state index in [1.54, 1.807) is 0 Å². The van der Waals surface area contributed by atoms with Crippen LogP contribution in [-0.4, -0.2) is 11.3 Å². The zero-order valence-corrected chi connectivity index (χ0v) is 7.05. The first kappa shape index (κ1) is 9.85. The van der Waals surface area contributed by atoms with E-state index in [0.717, 1.165) is 6.07 Å². The van der Waals surface area contributed by atoms with Crippen LogP contribution in [0.15, 0.2) is 6.07 Å². The highest BCUT2D eigenvalue weighted by atomic mass is 35.5. The molecule has 0 saturated carbocycles. The van der Waals surface area contributed by atoms with E-state index in [-0.39, 0.29) is 16.4 Å². The molecule has 0 aromatic carbocycles. The molecule has 0 aliphatic rings. The average Bonchev–Trinajstić information content (AvgIpc) is 2.03. The molecule has 0 aliphatic heterocycles. The van der Waals surface area contributed by atoms with E-state index in [1.807, 2.05) is 0 Å². The SMILES string of the molecule is Nc1nc(C(F)F)cc(Cl)c1C=O. The lowest BCUT2D eigenvalue weighted by Crippen LogP contribution is -2.01. The molecule has 1 aromatic rings. The Bertz CT molecular complexity index is 320. The molecule has 1 aromatic heterocycles. The third-order valence-electron chi connectivity index (χ3n) is 1.40. The van der Waals surface area contributed by atoms with Crippen LogP contribution in [0, 0.1) is 0 Å². The monoisotopic (exact) mass is 206 g/mol. The maximum absolute atomic E-state index is 12.1. The van der Waals surface area contributed by atoms with Gasteiger partial charge in [0.2, 0.25) is 0 Å². The van der Waals surface area contributed by atoms with Gasteiger partial charge >= 0.3 is 0 Å². The summed E-state index contributed by atoms with van der Waals surface area (Å²) in [4.78, 5) is 13.7. The number of aldehydes is 1. The van der Waals surface area contributed by atoms with Crippen molar-refractivity contribution in [2.75, 3.05) is 5.73 Å². The molecule has 1 rings (SSSR count). The van der Waals surface area contributed by atoms with Crippen molar-refractivity contribution in [1.82, 2.24) is 4.98 Å². The number of nitrogen functional groups attached to an aromatic ring is 1. The molecule has 0 radical (unpaired) electrons. The third kappa shape index (κ3) is 1.92. The molecule has 1 heterocycles. The van der Waals surface area contributed by atoms with E-state index in [1.165, 1.54) is 0 Å². The van der Waals surface area contributed by atoms with Crippen molar-refractivity contribution >= 4 is 23.7 Å². The van der Waals surface area contributed by atoms with Crippen LogP contribution >= 0.6 is 11.6 Å². The minimum absolute atomic E-state index is 0.0638. The largest absolute Gasteiger partial charge is 0.383 e. The molecule has 0 unspecified atom stereocenters. The van der Waals surface area contributed by atoms with Crippen molar-refractivity contribution < 1.29 is 13.6 Å². The Morgan fingerprint density at radius 1 is 1.62 bits per heavy atom. The number of alkyl halides is 2. The lowest BCUT2D eigenvalue weighted by Gasteiger charge is -2.04. The maximum Gasteiger partial charge on any atom is 0.280 e. The molecule has 6 heteroatoms. The average molecular weight is 207 g/mol. The Morgan fingerprint density at radius 3 is 2.62 bits per heavy atom. The summed E-state index contributed by atoms with van der Waals surface area (Å²) in [6, 6.07) is 0.923. The molecule has 70 valence electrons. The molecule has 3 nitrogen and oxygen atoms in total. The van der Waals surface area contributed by atoms with Gasteiger partial charge in [-0.15, -0.1) is 0 Å². The van der Waals surface area contributed by atoms with Crippen molar-refractivity contribution in [3.63, 3.8) is 0 Å². The second-order valence-electron chi connectivity index (χ2n) is 2.25. The van der Waals surface area contributed by atoms with Crippen LogP contribution < -0.4 is 5.73 Å². The zero-order chi connectivity index (χ0) is 10.0. The zero-order valence-electron chi connectivity index (χ0n) is 6.30. The first-order chi connectivity index (χ1) is 6.06. The molecule has 0 bridgehead atoms. The van der Waals surface area contributed by atoms with E-state index >= 15 is 0 Å². The number of carbonyl (C=O) groups excluding carboxylic acids is 1. The van der Waals surface area contributed by atoms with Crippen LogP contribution in [0.2, 0.25) is 5.02 Å². The standard InChI is InChI=1S/C7H5ClF2N2O/c8-4-1-5(6(9)10)12-7(11)3(4)2-13/h1-2,6H,(H2,11,12). The van der Waals surface area contributed by atoms with Gasteiger partial charge in [-0.1, -0.05) is 11.6 Å². The molecule has 0 amide bonds. The van der Waals surface area contributed by atoms with Gasteiger partial charge in [-0.25, -0.2) is 13.8 Å². The molecule has 0 spiro atoms. The smallest absolute Gasteiger partial charge is 0.280 e. The normalized spacial score (nSPS) is 10.5. The van der Waals surface area contributed by atoms with E-state index in [0.29, 0.717) is 6.29 Å². The Kier molecular flexibility index (Phi) is 2.77. The predicted octanol–water partition coefficient (Wildman–Crippen LogP) is 2.07. The van der Waals surface area contributed by atoms with E-state index in [4.69, 9.17) is 17.3 Å². The van der Waals surface area contributed by atoms with Gasteiger partial charge in [-0.2, -0.15) is 0 Å². The third-order valence-corrected chi connectivity index (χ3v) is 1.71. The summed E-state index contributed by atoms with van der Waals surface area (Å²) in [6.07, 6.45) is -2.37. The van der Waals surface area contributed by atoms with Crippen molar-refractivity contribution in [1.29, 1.82) is 0 Å². The number of pyridine rings is 1. The number of carbonyl (C=O) groups is 1. The van der Waals surface area contributed by atoms with E-state index in [2.05, 4.69) is 4.98 Å². The fraction of sp³-hybridized carbons (Fsp3) is 0.143. The molecule has 0 atom stereocenters. The fourth-order valence-corrected chi connectivity index (χ4v) is 1.04. The van der Waals surface area contributed by atoms with Crippen molar-refractivity contribution in [2.45, 2.75) is 6.43 Å². The van der Waals surface area contributed by atoms with Gasteiger partial charge in [0.1, 0.15) is 11.5 Å². The van der Waals surface area contributed by atoms with E-state index < -0.39 is 12.1 Å². The Labute approximate surface area is 77.5 Å². The summed E-state index contributed by atoms with van der Waals surface area (Å²) in [5, 5.41) is -0.113. The van der Waals surface area contributed by atoms with Crippen molar-refractivity contribution in [3.8, 4) is 0 Å². The van der Waals surface area contributed by atoms with Crippen molar-refractivity contribution in [3.05, 3.63) is 22.3 Å². The van der Waals surface area contributed by atoms with Gasteiger partial charge in [-0.3, -0.25) is 4.79 Å². The molecule has 0 saturated heterocycles. The number of hydrogen-bond donors (Lipinski definition) is 1. The highest BCUT2D eigenvalue weighted by Crippen LogP contribution is 2.25. The van der Waals surface area contributed by atoms with Crippen LogP contribution in [0.25, 0.3) is 0 Å². The number of rotatable bonds is 2. The Morgan fingerprint density at radius 2 is 2.23 bits per heavy atom. The minimum Gasteiger partial charge on any atom is -0.383 e. The second-order valence-corrected chi connectivity index (χ2v) is 2.65. The van der Waals surface area contributed by atoms with Gasteiger partial charge in [0.15, 0.2) is 6.29 Å². The van der Waals surface area contributed by atoms with E-state index in [9.17, 15) is 13.6 Å². The summed E-state index contributed by atoms with van der Waals surface area (Å²) in [5.41, 5.74) is 4.61. The van der Waals surface area contributed by atoms with Gasteiger partial charge in [0.05, 0.1) is 10.6 Å². The van der Waals surface area contributed by atoms with Crippen LogP contribution in [0.5, 0.6) is 0 Å². The van der Waals surface area contributed by atoms with Crippen LogP contribution in [0.1, 0.15) is 22.5 Å². The molecule has 13 heavy (non-hydrogen) atoms. The second kappa shape index (κ2) is 3.66. The lowest BCUT2D eigenvalue weighted by atomic mass is 10.2. The molecule has 0 aliphatic carbocycles. The summed E-state index contributed by atoms with van der Waals surface area (Å²) >= 11 is 5.49. The molecular formula is C7H5ClF2N2O. The van der Waals surface area contributed by atoms with Gasteiger partial charge in [0.25, 0.3) is 6.43 Å². The fourth-order valence-electron chi connectivity index (χ4n) is 0.790. The number of nitrogens with two attached hydrogens (primary N) is 1. The quantitative estimate of drug-likeness (QED) is 0.754. The molecule has 2 N–H and O–H groups in total. The predicted molar refractivity (Wildman–Crippen MR) is 44.0 cm³/mol. The van der Waals surface area contributed by atoms with Gasteiger partial charge < -0.3 is 5.73 Å². The summed E-state index contributed by atoms with van der Waals surface area (Å²) in [7, 11) is 0. The maximum atomic E-state index is 12.1. The highest BCUT2D eigenvalue weighted by Gasteiger charge is 2.14. The van der Waals surface area contributed by atoms with Gasteiger partial charge in [-0.05, 0) is 6.07 Å². The molecular weight excluding hydrogens is 202 g/mol. The number of nitrogens with zero attached hydrogens (tertiary/aromatic N) is 1. The van der Waals surface area contributed by atoms with Gasteiger partial charge in [0, 0.05) is 0 Å². The first-order valence-electron chi connectivity index (χ1n) is 3.25. The number of halogens is 3. The highest BCUT2D eigenvalue weighted by molar-refractivity contribution is 6.33. The summed E-state index contributed by atoms with van der Waals surface area (Å²) in [5.74, 6) is -0.280. The summed E-state index contributed by atoms with van der Waals surface area (Å²) in [6.45, 7) is 0. The lowest BCUT2D eigenvalue weighted by molar-refractivity contribution is 0.112.